The van der Waals surface area contributed by atoms with Gasteiger partial charge in [0.25, 0.3) is 11.5 Å². The lowest BCUT2D eigenvalue weighted by atomic mass is 9.89. The molecule has 2 aromatic carbocycles. The zero-order chi connectivity index (χ0) is 25.1. The Morgan fingerprint density at radius 3 is 2.97 bits per heavy atom. The molecule has 0 fully saturated rings. The van der Waals surface area contributed by atoms with Crippen LogP contribution in [0.25, 0.3) is 10.2 Å². The number of nitrogens with one attached hydrogen (secondary N) is 1. The zero-order valence-electron chi connectivity index (χ0n) is 19.7. The highest BCUT2D eigenvalue weighted by atomic mass is 79.9. The van der Waals surface area contributed by atoms with E-state index in [2.05, 4.69) is 38.4 Å². The number of aryl methyl sites for hydroxylation is 1. The van der Waals surface area contributed by atoms with E-state index in [1.54, 1.807) is 11.3 Å². The number of halogens is 1. The Morgan fingerprint density at radius 1 is 1.31 bits per heavy atom. The summed E-state index contributed by atoms with van der Waals surface area (Å²) in [7, 11) is 0. The minimum atomic E-state index is -0.408. The number of nitrogens with zero attached hydrogens (tertiary/aromatic N) is 3. The van der Waals surface area contributed by atoms with Gasteiger partial charge in [0.2, 0.25) is 0 Å². The van der Waals surface area contributed by atoms with E-state index in [9.17, 15) is 9.59 Å². The van der Waals surface area contributed by atoms with Gasteiger partial charge >= 0.3 is 0 Å². The van der Waals surface area contributed by atoms with Crippen molar-refractivity contribution >= 4 is 49.6 Å². The van der Waals surface area contributed by atoms with Gasteiger partial charge in [0.1, 0.15) is 23.7 Å². The number of thiophene rings is 1. The van der Waals surface area contributed by atoms with Crippen molar-refractivity contribution in [2.45, 2.75) is 39.3 Å². The molecule has 0 bridgehead atoms. The van der Waals surface area contributed by atoms with Crippen molar-refractivity contribution in [2.75, 3.05) is 0 Å². The zero-order valence-corrected chi connectivity index (χ0v) is 22.1. The molecular formula is C27H25BrN4O3S. The number of hydrogen-bond acceptors (Lipinski definition) is 6. The fourth-order valence-corrected chi connectivity index (χ4v) is 6.05. The largest absolute Gasteiger partial charge is 0.488 e. The summed E-state index contributed by atoms with van der Waals surface area (Å²) >= 11 is 5.06. The molecule has 36 heavy (non-hydrogen) atoms. The molecule has 2 heterocycles. The average molecular weight is 565 g/mol. The molecule has 4 aromatic rings. The number of benzene rings is 2. The minimum Gasteiger partial charge on any atom is -0.488 e. The van der Waals surface area contributed by atoms with Gasteiger partial charge in [0, 0.05) is 14.9 Å². The second kappa shape index (κ2) is 10.8. The molecule has 9 heteroatoms. The Hall–Kier alpha value is -3.30. The van der Waals surface area contributed by atoms with Crippen molar-refractivity contribution in [1.82, 2.24) is 15.0 Å². The van der Waals surface area contributed by atoms with Crippen LogP contribution in [0.5, 0.6) is 5.75 Å². The Kier molecular flexibility index (Phi) is 7.29. The van der Waals surface area contributed by atoms with Crippen LogP contribution in [-0.4, -0.2) is 21.7 Å². The normalized spacial score (nSPS) is 15.2. The van der Waals surface area contributed by atoms with Gasteiger partial charge in [0.05, 0.1) is 17.9 Å². The molecule has 5 rings (SSSR count). The topological polar surface area (TPSA) is 85.6 Å². The first-order valence-electron chi connectivity index (χ1n) is 11.8. The lowest BCUT2D eigenvalue weighted by Gasteiger charge is -2.17. The first kappa shape index (κ1) is 24.4. The molecule has 0 saturated heterocycles. The molecule has 184 valence electrons. The lowest BCUT2D eigenvalue weighted by molar-refractivity contribution is -0.121. The number of carbonyl (C=O) groups excluding carboxylic acids is 1. The molecule has 1 aliphatic rings. The predicted molar refractivity (Wildman–Crippen MR) is 146 cm³/mol. The summed E-state index contributed by atoms with van der Waals surface area (Å²) in [6.07, 6.45) is 5.91. The molecule has 7 nitrogen and oxygen atoms in total. The van der Waals surface area contributed by atoms with Crippen molar-refractivity contribution < 1.29 is 9.53 Å². The van der Waals surface area contributed by atoms with E-state index in [0.717, 1.165) is 39.7 Å². The van der Waals surface area contributed by atoms with E-state index in [1.165, 1.54) is 22.0 Å². The van der Waals surface area contributed by atoms with Crippen LogP contribution < -0.4 is 15.7 Å². The van der Waals surface area contributed by atoms with Crippen LogP contribution in [0.2, 0.25) is 0 Å². The van der Waals surface area contributed by atoms with Crippen LogP contribution in [0.15, 0.2) is 69.2 Å². The summed E-state index contributed by atoms with van der Waals surface area (Å²) in [5.41, 5.74) is 5.21. The van der Waals surface area contributed by atoms with Crippen molar-refractivity contribution in [1.29, 1.82) is 0 Å². The smallest absolute Gasteiger partial charge is 0.262 e. The maximum absolute atomic E-state index is 13.1. The molecule has 0 spiro atoms. The molecule has 1 unspecified atom stereocenters. The monoisotopic (exact) mass is 564 g/mol. The second-order valence-corrected chi connectivity index (χ2v) is 11.0. The molecule has 0 saturated carbocycles. The first-order valence-corrected chi connectivity index (χ1v) is 13.4. The Balaban J connectivity index is 1.27. The van der Waals surface area contributed by atoms with E-state index in [4.69, 9.17) is 4.74 Å². The van der Waals surface area contributed by atoms with E-state index >= 15 is 0 Å². The number of rotatable bonds is 7. The van der Waals surface area contributed by atoms with Crippen LogP contribution in [0.4, 0.5) is 0 Å². The van der Waals surface area contributed by atoms with Crippen molar-refractivity contribution in [3.63, 3.8) is 0 Å². The summed E-state index contributed by atoms with van der Waals surface area (Å²) in [4.78, 5) is 32.2. The lowest BCUT2D eigenvalue weighted by Crippen LogP contribution is -2.30. The number of ether oxygens (including phenoxy) is 1. The Bertz CT molecular complexity index is 1500. The van der Waals surface area contributed by atoms with Crippen molar-refractivity contribution in [3.05, 3.63) is 91.3 Å². The number of hydrazone groups is 1. The number of hydrogen-bond donors (Lipinski definition) is 1. The van der Waals surface area contributed by atoms with E-state index < -0.39 is 5.91 Å². The molecule has 0 radical (unpaired) electrons. The number of fused-ring (bicyclic) bond motifs is 3. The summed E-state index contributed by atoms with van der Waals surface area (Å²) in [6, 6.07) is 15.5. The summed E-state index contributed by atoms with van der Waals surface area (Å²) in [6.45, 7) is 2.49. The van der Waals surface area contributed by atoms with Gasteiger partial charge in [-0.25, -0.2) is 10.4 Å². The van der Waals surface area contributed by atoms with Crippen LogP contribution in [-0.2, 0) is 30.8 Å². The van der Waals surface area contributed by atoms with Crippen LogP contribution >= 0.6 is 27.3 Å². The third-order valence-electron chi connectivity index (χ3n) is 6.20. The Labute approximate surface area is 221 Å². The maximum atomic E-state index is 13.1. The highest BCUT2D eigenvalue weighted by Crippen LogP contribution is 2.35. The van der Waals surface area contributed by atoms with E-state index in [1.807, 2.05) is 48.5 Å². The number of aromatic nitrogens is 2. The first-order chi connectivity index (χ1) is 17.5. The van der Waals surface area contributed by atoms with Gasteiger partial charge in [-0.1, -0.05) is 53.2 Å². The molecular weight excluding hydrogens is 540 g/mol. The average Bonchev–Trinajstić information content (AvgIpc) is 3.24. The quantitative estimate of drug-likeness (QED) is 0.250. The van der Waals surface area contributed by atoms with Gasteiger partial charge in [-0.3, -0.25) is 14.2 Å². The molecule has 1 amide bonds. The molecule has 1 atom stereocenters. The van der Waals surface area contributed by atoms with Crippen molar-refractivity contribution in [2.24, 2.45) is 11.0 Å². The van der Waals surface area contributed by atoms with E-state index in [0.29, 0.717) is 29.2 Å². The van der Waals surface area contributed by atoms with Crippen LogP contribution in [0.1, 0.15) is 34.9 Å². The predicted octanol–water partition coefficient (Wildman–Crippen LogP) is 5.07. The highest BCUT2D eigenvalue weighted by Gasteiger charge is 2.23. The molecule has 0 aliphatic heterocycles. The number of carbonyl (C=O) groups is 1. The Morgan fingerprint density at radius 2 is 2.14 bits per heavy atom. The van der Waals surface area contributed by atoms with E-state index in [-0.39, 0.29) is 12.1 Å². The van der Waals surface area contributed by atoms with Crippen LogP contribution in [0, 0.1) is 5.92 Å². The van der Waals surface area contributed by atoms with Gasteiger partial charge < -0.3 is 4.74 Å². The van der Waals surface area contributed by atoms with Crippen LogP contribution in [0.3, 0.4) is 0 Å². The maximum Gasteiger partial charge on any atom is 0.262 e. The fraction of sp³-hybridized carbons (Fsp3) is 0.259. The molecule has 1 N–H and O–H groups in total. The minimum absolute atomic E-state index is 0.157. The standard InChI is InChI=1S/C27H25BrN4O3S/c1-17-7-9-21-23(11-17)36-26-25(21)27(34)32(16-29-26)14-24(33)31-30-13-19-12-20(28)8-10-22(19)35-15-18-5-3-2-4-6-18/h2-6,8,10,12-13,16-17H,7,9,11,14-15H2,1H3,(H,31,33). The van der Waals surface area contributed by atoms with Gasteiger partial charge in [0.15, 0.2) is 0 Å². The third-order valence-corrected chi connectivity index (χ3v) is 7.85. The van der Waals surface area contributed by atoms with Gasteiger partial charge in [-0.2, -0.15) is 5.10 Å². The molecule has 2 aromatic heterocycles. The summed E-state index contributed by atoms with van der Waals surface area (Å²) < 4.78 is 8.17. The SMILES string of the molecule is CC1CCc2c(sc3ncn(CC(=O)NN=Cc4cc(Br)ccc4OCc4ccccc4)c(=O)c23)C1. The third kappa shape index (κ3) is 5.42. The highest BCUT2D eigenvalue weighted by molar-refractivity contribution is 9.10. The molecule has 1 aliphatic carbocycles. The summed E-state index contributed by atoms with van der Waals surface area (Å²) in [5.74, 6) is 0.849. The summed E-state index contributed by atoms with van der Waals surface area (Å²) in [5, 5.41) is 4.76. The fourth-order valence-electron chi connectivity index (χ4n) is 4.33. The second-order valence-electron chi connectivity index (χ2n) is 8.96. The van der Waals surface area contributed by atoms with Gasteiger partial charge in [-0.15, -0.1) is 11.3 Å². The van der Waals surface area contributed by atoms with Crippen molar-refractivity contribution in [3.8, 4) is 5.75 Å². The van der Waals surface area contributed by atoms with Gasteiger partial charge in [-0.05, 0) is 54.5 Å². The number of amides is 1.